The van der Waals surface area contributed by atoms with Gasteiger partial charge in [0.05, 0.1) is 33.0 Å². The summed E-state index contributed by atoms with van der Waals surface area (Å²) < 4.78 is 25.5. The topological polar surface area (TPSA) is 57.2 Å². The fraction of sp³-hybridized carbons (Fsp3) is 0.243. The van der Waals surface area contributed by atoms with Gasteiger partial charge in [-0.3, -0.25) is 0 Å². The Morgan fingerprint density at radius 1 is 0.571 bits per heavy atom. The highest BCUT2D eigenvalue weighted by Gasteiger charge is 2.44. The molecule has 0 saturated carbocycles. The monoisotopic (exact) mass is 564 g/mol. The van der Waals surface area contributed by atoms with Gasteiger partial charge in [-0.05, 0) is 22.3 Å². The number of hydrogen-bond acceptors (Lipinski definition) is 5. The minimum atomic E-state index is -1.61. The van der Waals surface area contributed by atoms with Crippen LogP contribution in [0.3, 0.4) is 0 Å². The van der Waals surface area contributed by atoms with Crippen molar-refractivity contribution in [2.24, 2.45) is 0 Å². The molecule has 4 rings (SSSR count). The van der Waals surface area contributed by atoms with Gasteiger partial charge in [0.25, 0.3) is 0 Å². The summed E-state index contributed by atoms with van der Waals surface area (Å²) in [4.78, 5) is 0. The summed E-state index contributed by atoms with van der Waals surface area (Å²) in [5, 5.41) is 12.1. The maximum atomic E-state index is 12.1. The van der Waals surface area contributed by atoms with Gasteiger partial charge in [-0.2, -0.15) is 0 Å². The van der Waals surface area contributed by atoms with Crippen LogP contribution >= 0.6 is 0 Å². The van der Waals surface area contributed by atoms with E-state index in [-0.39, 0.29) is 19.8 Å². The largest absolute Gasteiger partial charge is 0.381 e. The lowest BCUT2D eigenvalue weighted by Crippen LogP contribution is -2.56. The quantitative estimate of drug-likeness (QED) is 0.131. The number of ether oxygens (including phenoxy) is 4. The predicted octanol–water partition coefficient (Wildman–Crippen LogP) is 7.06. The van der Waals surface area contributed by atoms with Crippen LogP contribution in [0.25, 0.3) is 0 Å². The van der Waals surface area contributed by atoms with E-state index in [1.54, 1.807) is 6.08 Å². The zero-order chi connectivity index (χ0) is 29.5. The summed E-state index contributed by atoms with van der Waals surface area (Å²) in [6.45, 7) is 9.18. The van der Waals surface area contributed by atoms with E-state index < -0.39 is 23.9 Å². The summed E-state index contributed by atoms with van der Waals surface area (Å²) >= 11 is 0. The summed E-state index contributed by atoms with van der Waals surface area (Å²) in [5.41, 5.74) is 2.34. The van der Waals surface area contributed by atoms with E-state index >= 15 is 0 Å². The Morgan fingerprint density at radius 2 is 0.976 bits per heavy atom. The van der Waals surface area contributed by atoms with Crippen molar-refractivity contribution in [2.45, 2.75) is 50.3 Å². The molecule has 0 aromatic heterocycles. The zero-order valence-corrected chi connectivity index (χ0v) is 24.0. The van der Waals surface area contributed by atoms with Crippen LogP contribution in [0.2, 0.25) is 0 Å². The van der Waals surface area contributed by atoms with Crippen molar-refractivity contribution in [2.75, 3.05) is 6.61 Å². The Bertz CT molecular complexity index is 1310. The number of hydrogen-bond donors (Lipinski definition) is 1. The van der Waals surface area contributed by atoms with E-state index in [2.05, 4.69) is 13.2 Å². The number of rotatable bonds is 18. The second kappa shape index (κ2) is 16.6. The van der Waals surface area contributed by atoms with Gasteiger partial charge in [0, 0.05) is 0 Å². The summed E-state index contributed by atoms with van der Waals surface area (Å²) in [6.07, 6.45) is 0.901. The van der Waals surface area contributed by atoms with Crippen molar-refractivity contribution in [1.29, 1.82) is 0 Å². The van der Waals surface area contributed by atoms with Crippen LogP contribution in [0.15, 0.2) is 147 Å². The van der Waals surface area contributed by atoms with Gasteiger partial charge in [0.1, 0.15) is 23.9 Å². The van der Waals surface area contributed by atoms with E-state index in [9.17, 15) is 5.11 Å². The molecule has 0 aliphatic carbocycles. The minimum Gasteiger partial charge on any atom is -0.381 e. The molecule has 42 heavy (non-hydrogen) atoms. The van der Waals surface area contributed by atoms with Gasteiger partial charge in [0.15, 0.2) is 0 Å². The Hall–Kier alpha value is -3.84. The third-order valence-electron chi connectivity index (χ3n) is 6.99. The van der Waals surface area contributed by atoms with E-state index in [4.69, 9.17) is 18.9 Å². The Morgan fingerprint density at radius 3 is 1.40 bits per heavy atom. The first-order valence-electron chi connectivity index (χ1n) is 14.2. The fourth-order valence-electron chi connectivity index (χ4n) is 4.63. The van der Waals surface area contributed by atoms with Crippen LogP contribution in [-0.4, -0.2) is 35.6 Å². The molecule has 0 heterocycles. The summed E-state index contributed by atoms with van der Waals surface area (Å²) in [6, 6.07) is 39.4. The van der Waals surface area contributed by atoms with Crippen LogP contribution in [0.5, 0.6) is 0 Å². The van der Waals surface area contributed by atoms with Crippen molar-refractivity contribution >= 4 is 0 Å². The molecule has 0 aliphatic heterocycles. The molecule has 0 aliphatic rings. The lowest BCUT2D eigenvalue weighted by atomic mass is 9.90. The van der Waals surface area contributed by atoms with Gasteiger partial charge < -0.3 is 24.1 Å². The second-order valence-corrected chi connectivity index (χ2v) is 10.1. The average Bonchev–Trinajstić information content (AvgIpc) is 3.05. The van der Waals surface area contributed by atoms with Gasteiger partial charge in [0.2, 0.25) is 0 Å². The molecular formula is C37H40O5. The van der Waals surface area contributed by atoms with Gasteiger partial charge in [-0.25, -0.2) is 0 Å². The van der Waals surface area contributed by atoms with E-state index in [0.29, 0.717) is 13.2 Å². The fourth-order valence-corrected chi connectivity index (χ4v) is 4.63. The lowest BCUT2D eigenvalue weighted by molar-refractivity contribution is -0.201. The first kappa shape index (κ1) is 31.1. The first-order valence-corrected chi connectivity index (χ1v) is 14.2. The molecule has 0 bridgehead atoms. The van der Waals surface area contributed by atoms with Gasteiger partial charge >= 0.3 is 0 Å². The highest BCUT2D eigenvalue weighted by Crippen LogP contribution is 2.28. The second-order valence-electron chi connectivity index (χ2n) is 10.1. The minimum absolute atomic E-state index is 0.0569. The lowest BCUT2D eigenvalue weighted by Gasteiger charge is -2.40. The molecule has 1 N–H and O–H groups in total. The maximum absolute atomic E-state index is 12.1. The van der Waals surface area contributed by atoms with Crippen molar-refractivity contribution in [3.05, 3.63) is 169 Å². The molecule has 0 fully saturated rings. The van der Waals surface area contributed by atoms with E-state index in [0.717, 1.165) is 22.3 Å². The van der Waals surface area contributed by atoms with Crippen molar-refractivity contribution in [1.82, 2.24) is 0 Å². The van der Waals surface area contributed by atoms with Gasteiger partial charge in [-0.1, -0.05) is 133 Å². The Kier molecular flexibility index (Phi) is 12.3. The molecule has 0 unspecified atom stereocenters. The first-order chi connectivity index (χ1) is 20.6. The average molecular weight is 565 g/mol. The predicted molar refractivity (Wildman–Crippen MR) is 166 cm³/mol. The van der Waals surface area contributed by atoms with E-state index in [1.165, 1.54) is 6.08 Å². The van der Waals surface area contributed by atoms with Crippen LogP contribution in [0.1, 0.15) is 22.3 Å². The molecule has 4 aromatic rings. The van der Waals surface area contributed by atoms with Crippen LogP contribution < -0.4 is 0 Å². The van der Waals surface area contributed by atoms with Crippen LogP contribution in [-0.2, 0) is 45.4 Å². The third kappa shape index (κ3) is 9.35. The Labute approximate surface area is 249 Å². The Balaban J connectivity index is 1.62. The van der Waals surface area contributed by atoms with Gasteiger partial charge in [-0.15, -0.1) is 13.2 Å². The van der Waals surface area contributed by atoms with Crippen molar-refractivity contribution < 1.29 is 24.1 Å². The molecule has 4 aromatic carbocycles. The van der Waals surface area contributed by atoms with Crippen LogP contribution in [0, 0.1) is 0 Å². The number of aliphatic hydroxyl groups is 1. The molecule has 0 radical (unpaired) electrons. The van der Waals surface area contributed by atoms with Crippen molar-refractivity contribution in [3.8, 4) is 0 Å². The molecule has 0 spiro atoms. The molecule has 0 amide bonds. The molecule has 5 heteroatoms. The molecule has 218 valence electrons. The molecule has 5 nitrogen and oxygen atoms in total. The highest BCUT2D eigenvalue weighted by atomic mass is 16.6. The molecule has 0 saturated heterocycles. The third-order valence-corrected chi connectivity index (χ3v) is 6.99. The molecular weight excluding hydrogens is 524 g/mol. The summed E-state index contributed by atoms with van der Waals surface area (Å²) in [7, 11) is 0. The summed E-state index contributed by atoms with van der Waals surface area (Å²) in [5.74, 6) is 0. The molecule has 4 atom stereocenters. The maximum Gasteiger partial charge on any atom is 0.134 e. The standard InChI is InChI=1S/C37H40O5/c1-3-34(40-26-31-19-11-6-12-20-31)35(41-27-32-21-13-7-14-22-32)36(42-28-33-23-15-8-16-24-33)37(38,4-2)29-39-25-30-17-9-5-10-18-30/h3-24,34-36,38H,1-2,25-29H2/t34-,35-,36+,37+/m1/s1. The SMILES string of the molecule is C=C[C@@H](OCc1ccccc1)[C@@H](OCc1ccccc1)[C@H](OCc1ccccc1)[C@](O)(C=C)COCc1ccccc1. The van der Waals surface area contributed by atoms with Crippen LogP contribution in [0.4, 0.5) is 0 Å². The normalized spacial score (nSPS) is 14.8. The zero-order valence-electron chi connectivity index (χ0n) is 24.0. The smallest absolute Gasteiger partial charge is 0.134 e. The number of benzene rings is 4. The van der Waals surface area contributed by atoms with Crippen molar-refractivity contribution in [3.63, 3.8) is 0 Å². The van der Waals surface area contributed by atoms with E-state index in [1.807, 2.05) is 121 Å². The highest BCUT2D eigenvalue weighted by molar-refractivity contribution is 5.18.